The number of halogens is 1. The van der Waals surface area contributed by atoms with Crippen LogP contribution in [0.4, 0.5) is 0 Å². The van der Waals surface area contributed by atoms with Crippen LogP contribution in [0.25, 0.3) is 0 Å². The quantitative estimate of drug-likeness (QED) is 0.442. The topological polar surface area (TPSA) is 29.1 Å². The molecule has 0 radical (unpaired) electrons. The normalized spacial score (nSPS) is 10.8. The second-order valence-electron chi connectivity index (χ2n) is 7.18. The highest BCUT2D eigenvalue weighted by Crippen LogP contribution is 2.16. The molecule has 1 aromatic rings. The standard InChI is InChI=1S/C21H34N2O.ClH/c1-5-6-7-8-9-13-16-23(3,4)19(2)17-21(24)22-18-20-14-11-10-12-15-20;/h10-12,14-15H,2,5-9,13,16-18H2,1,3-4H3;1H. The van der Waals surface area contributed by atoms with Gasteiger partial charge in [0.05, 0.1) is 20.6 Å². The summed E-state index contributed by atoms with van der Waals surface area (Å²) >= 11 is 0. The molecular weight excluding hydrogens is 332 g/mol. The molecule has 0 heterocycles. The largest absolute Gasteiger partial charge is 1.00 e. The minimum Gasteiger partial charge on any atom is -1.00 e. The number of hydrogen-bond donors (Lipinski definition) is 1. The van der Waals surface area contributed by atoms with Crippen molar-refractivity contribution in [3.63, 3.8) is 0 Å². The molecular formula is C21H35ClN2O. The Morgan fingerprint density at radius 3 is 2.28 bits per heavy atom. The van der Waals surface area contributed by atoms with Gasteiger partial charge in [-0.15, -0.1) is 0 Å². The van der Waals surface area contributed by atoms with E-state index in [2.05, 4.69) is 32.9 Å². The molecule has 4 heteroatoms. The molecule has 142 valence electrons. The number of hydrogen-bond acceptors (Lipinski definition) is 1. The Kier molecular flexibility index (Phi) is 12.3. The third-order valence-electron chi connectivity index (χ3n) is 4.62. The SMILES string of the molecule is C=C(CC(=O)NCc1ccccc1)[N+](C)(C)CCCCCCCC.[Cl-]. The summed E-state index contributed by atoms with van der Waals surface area (Å²) < 4.78 is 0.729. The van der Waals surface area contributed by atoms with Crippen molar-refractivity contribution in [1.82, 2.24) is 5.32 Å². The number of unbranched alkanes of at least 4 members (excludes halogenated alkanes) is 5. The first-order valence-corrected chi connectivity index (χ1v) is 9.27. The summed E-state index contributed by atoms with van der Waals surface area (Å²) in [4.78, 5) is 12.1. The molecule has 0 fully saturated rings. The first-order valence-electron chi connectivity index (χ1n) is 9.27. The summed E-state index contributed by atoms with van der Waals surface area (Å²) in [6.07, 6.45) is 8.15. The van der Waals surface area contributed by atoms with Crippen molar-refractivity contribution in [2.45, 2.75) is 58.4 Å². The lowest BCUT2D eigenvalue weighted by atomic mass is 10.1. The van der Waals surface area contributed by atoms with Gasteiger partial charge in [-0.1, -0.05) is 62.9 Å². The molecule has 0 aliphatic rings. The van der Waals surface area contributed by atoms with Crippen LogP contribution in [-0.4, -0.2) is 31.0 Å². The number of nitrogens with zero attached hydrogens (tertiary/aromatic N) is 1. The number of carbonyl (C=O) groups is 1. The molecule has 25 heavy (non-hydrogen) atoms. The van der Waals surface area contributed by atoms with E-state index >= 15 is 0 Å². The van der Waals surface area contributed by atoms with E-state index in [4.69, 9.17) is 0 Å². The molecule has 0 unspecified atom stereocenters. The molecule has 0 saturated carbocycles. The highest BCUT2D eigenvalue weighted by atomic mass is 35.5. The predicted octanol–water partition coefficient (Wildman–Crippen LogP) is 1.65. The second-order valence-corrected chi connectivity index (χ2v) is 7.18. The van der Waals surface area contributed by atoms with Gasteiger partial charge in [-0.25, -0.2) is 0 Å². The van der Waals surface area contributed by atoms with E-state index < -0.39 is 0 Å². The average molecular weight is 367 g/mol. The number of benzene rings is 1. The van der Waals surface area contributed by atoms with Crippen LogP contribution in [-0.2, 0) is 11.3 Å². The fourth-order valence-corrected chi connectivity index (χ4v) is 2.70. The fraction of sp³-hybridized carbons (Fsp3) is 0.571. The monoisotopic (exact) mass is 366 g/mol. The van der Waals surface area contributed by atoms with Crippen molar-refractivity contribution in [3.8, 4) is 0 Å². The summed E-state index contributed by atoms with van der Waals surface area (Å²) in [7, 11) is 4.30. The van der Waals surface area contributed by atoms with E-state index in [0.717, 1.165) is 22.3 Å². The molecule has 0 spiro atoms. The molecule has 0 aromatic heterocycles. The Bertz CT molecular complexity index is 500. The highest BCUT2D eigenvalue weighted by Gasteiger charge is 2.22. The number of nitrogens with one attached hydrogen (secondary N) is 1. The molecule has 1 aromatic carbocycles. The van der Waals surface area contributed by atoms with Gasteiger partial charge in [-0.3, -0.25) is 9.28 Å². The van der Waals surface area contributed by atoms with Gasteiger partial charge in [0, 0.05) is 6.54 Å². The van der Waals surface area contributed by atoms with Crippen molar-refractivity contribution in [3.05, 3.63) is 48.2 Å². The van der Waals surface area contributed by atoms with Crippen molar-refractivity contribution < 1.29 is 21.7 Å². The lowest BCUT2D eigenvalue weighted by molar-refractivity contribution is -0.853. The van der Waals surface area contributed by atoms with E-state index in [0.29, 0.717) is 13.0 Å². The molecule has 1 N–H and O–H groups in total. The van der Waals surface area contributed by atoms with Gasteiger partial charge in [0.2, 0.25) is 5.91 Å². The molecule has 0 saturated heterocycles. The van der Waals surface area contributed by atoms with E-state index in [1.54, 1.807) is 0 Å². The van der Waals surface area contributed by atoms with Crippen molar-refractivity contribution in [2.75, 3.05) is 20.6 Å². The van der Waals surface area contributed by atoms with E-state index in [-0.39, 0.29) is 18.3 Å². The summed E-state index contributed by atoms with van der Waals surface area (Å²) in [6, 6.07) is 10.00. The van der Waals surface area contributed by atoms with E-state index in [1.165, 1.54) is 38.5 Å². The molecule has 0 atom stereocenters. The van der Waals surface area contributed by atoms with E-state index in [1.807, 2.05) is 30.3 Å². The molecule has 1 rings (SSSR count). The van der Waals surface area contributed by atoms with Gasteiger partial charge >= 0.3 is 0 Å². The Balaban J connectivity index is 0.00000576. The van der Waals surface area contributed by atoms with Gasteiger partial charge in [0.1, 0.15) is 12.1 Å². The lowest BCUT2D eigenvalue weighted by Gasteiger charge is -2.31. The molecule has 3 nitrogen and oxygen atoms in total. The number of quaternary nitrogens is 1. The highest BCUT2D eigenvalue weighted by molar-refractivity contribution is 5.77. The van der Waals surface area contributed by atoms with Crippen molar-refractivity contribution in [2.24, 2.45) is 0 Å². The maximum absolute atomic E-state index is 12.1. The van der Waals surface area contributed by atoms with Crippen LogP contribution in [0.1, 0.15) is 57.4 Å². The number of rotatable bonds is 12. The van der Waals surface area contributed by atoms with Crippen LogP contribution in [0.2, 0.25) is 0 Å². The lowest BCUT2D eigenvalue weighted by Crippen LogP contribution is -3.00. The average Bonchev–Trinajstić information content (AvgIpc) is 2.57. The van der Waals surface area contributed by atoms with Crippen LogP contribution in [0, 0.1) is 0 Å². The van der Waals surface area contributed by atoms with Crippen LogP contribution in [0.5, 0.6) is 0 Å². The van der Waals surface area contributed by atoms with Crippen LogP contribution >= 0.6 is 0 Å². The van der Waals surface area contributed by atoms with Crippen LogP contribution < -0.4 is 17.7 Å². The third kappa shape index (κ3) is 10.3. The predicted molar refractivity (Wildman–Crippen MR) is 102 cm³/mol. The van der Waals surface area contributed by atoms with Gasteiger partial charge in [-0.2, -0.15) is 0 Å². The first kappa shape index (κ1) is 23.7. The smallest absolute Gasteiger partial charge is 0.230 e. The second kappa shape index (κ2) is 13.0. The Morgan fingerprint density at radius 2 is 1.64 bits per heavy atom. The fourth-order valence-electron chi connectivity index (χ4n) is 2.70. The van der Waals surface area contributed by atoms with Crippen molar-refractivity contribution >= 4 is 5.91 Å². The maximum Gasteiger partial charge on any atom is 0.230 e. The number of amides is 1. The van der Waals surface area contributed by atoms with Crippen molar-refractivity contribution in [1.29, 1.82) is 0 Å². The minimum absolute atomic E-state index is 0. The molecule has 0 aliphatic carbocycles. The van der Waals surface area contributed by atoms with E-state index in [9.17, 15) is 4.79 Å². The Labute approximate surface area is 160 Å². The summed E-state index contributed by atoms with van der Waals surface area (Å²) in [5, 5.41) is 2.98. The zero-order valence-corrected chi connectivity index (χ0v) is 16.9. The van der Waals surface area contributed by atoms with Gasteiger partial charge in [0.15, 0.2) is 0 Å². The van der Waals surface area contributed by atoms with Gasteiger partial charge < -0.3 is 17.7 Å². The van der Waals surface area contributed by atoms with Crippen LogP contribution in [0.15, 0.2) is 42.6 Å². The third-order valence-corrected chi connectivity index (χ3v) is 4.62. The maximum atomic E-state index is 12.1. The molecule has 1 amide bonds. The van der Waals surface area contributed by atoms with Crippen LogP contribution in [0.3, 0.4) is 0 Å². The Hall–Kier alpha value is -1.32. The first-order chi connectivity index (χ1) is 11.5. The molecule has 0 bridgehead atoms. The summed E-state index contributed by atoms with van der Waals surface area (Å²) in [5.41, 5.74) is 2.10. The van der Waals surface area contributed by atoms with Gasteiger partial charge in [-0.05, 0) is 25.0 Å². The summed E-state index contributed by atoms with van der Waals surface area (Å²) in [5.74, 6) is 0.0537. The molecule has 0 aliphatic heterocycles. The zero-order chi connectivity index (χ0) is 17.8. The number of carbonyl (C=O) groups excluding carboxylic acids is 1. The Morgan fingerprint density at radius 1 is 1.04 bits per heavy atom. The summed E-state index contributed by atoms with van der Waals surface area (Å²) in [6.45, 7) is 8.04. The minimum atomic E-state index is 0. The van der Waals surface area contributed by atoms with Gasteiger partial charge in [0.25, 0.3) is 0 Å². The zero-order valence-electron chi connectivity index (χ0n) is 16.2.